The summed E-state index contributed by atoms with van der Waals surface area (Å²) in [5, 5.41) is 3.32. The summed E-state index contributed by atoms with van der Waals surface area (Å²) in [7, 11) is 0. The average Bonchev–Trinajstić information content (AvgIpc) is 2.31. The molecule has 0 aliphatic rings. The van der Waals surface area contributed by atoms with E-state index < -0.39 is 0 Å². The first kappa shape index (κ1) is 13.2. The first-order valence-corrected chi connectivity index (χ1v) is 6.24. The molecule has 0 saturated heterocycles. The second-order valence-electron chi connectivity index (χ2n) is 4.17. The van der Waals surface area contributed by atoms with Gasteiger partial charge in [0.2, 0.25) is 0 Å². The number of rotatable bonds is 7. The number of unbranched alkanes of at least 4 members (excludes halogenated alkanes) is 1. The van der Waals surface area contributed by atoms with Crippen molar-refractivity contribution < 1.29 is 4.39 Å². The Bertz CT molecular complexity index is 291. The van der Waals surface area contributed by atoms with Crippen LogP contribution in [-0.2, 0) is 0 Å². The molecule has 1 atom stereocenters. The zero-order chi connectivity index (χ0) is 11.8. The summed E-state index contributed by atoms with van der Waals surface area (Å²) in [6.45, 7) is 6.07. The van der Waals surface area contributed by atoms with Gasteiger partial charge in [0.25, 0.3) is 0 Å². The molecule has 0 aromatic heterocycles. The molecular weight excluding hydrogens is 201 g/mol. The summed E-state index contributed by atoms with van der Waals surface area (Å²) in [4.78, 5) is 0. The van der Waals surface area contributed by atoms with Crippen LogP contribution < -0.4 is 5.32 Å². The van der Waals surface area contributed by atoms with E-state index in [0.29, 0.717) is 5.92 Å². The van der Waals surface area contributed by atoms with Crippen molar-refractivity contribution in [2.75, 3.05) is 13.1 Å². The smallest absolute Gasteiger partial charge is 0.126 e. The highest BCUT2D eigenvalue weighted by Gasteiger charge is 2.14. The number of nitrogens with one attached hydrogen (secondary N) is 1. The summed E-state index contributed by atoms with van der Waals surface area (Å²) in [6, 6.07) is 7.14. The maximum Gasteiger partial charge on any atom is 0.126 e. The largest absolute Gasteiger partial charge is 0.316 e. The highest BCUT2D eigenvalue weighted by molar-refractivity contribution is 5.22. The van der Waals surface area contributed by atoms with Crippen molar-refractivity contribution in [2.24, 2.45) is 0 Å². The molecule has 1 unspecified atom stereocenters. The summed E-state index contributed by atoms with van der Waals surface area (Å²) >= 11 is 0. The second-order valence-corrected chi connectivity index (χ2v) is 4.17. The van der Waals surface area contributed by atoms with Crippen molar-refractivity contribution in [2.45, 2.75) is 39.0 Å². The summed E-state index contributed by atoms with van der Waals surface area (Å²) in [6.07, 6.45) is 3.38. The van der Waals surface area contributed by atoms with Gasteiger partial charge in [-0.2, -0.15) is 0 Å². The normalized spacial score (nSPS) is 12.7. The van der Waals surface area contributed by atoms with Crippen molar-refractivity contribution in [3.8, 4) is 0 Å². The number of hydrogen-bond donors (Lipinski definition) is 1. The maximum absolute atomic E-state index is 13.7. The van der Waals surface area contributed by atoms with Crippen LogP contribution in [0.2, 0.25) is 0 Å². The quantitative estimate of drug-likeness (QED) is 0.743. The molecule has 1 aromatic carbocycles. The van der Waals surface area contributed by atoms with Crippen molar-refractivity contribution in [3.63, 3.8) is 0 Å². The number of halogens is 1. The van der Waals surface area contributed by atoms with E-state index in [1.165, 1.54) is 0 Å². The Kier molecular flexibility index (Phi) is 6.09. The Morgan fingerprint density at radius 1 is 1.25 bits per heavy atom. The molecule has 2 heteroatoms. The zero-order valence-corrected chi connectivity index (χ0v) is 10.3. The third-order valence-electron chi connectivity index (χ3n) is 2.89. The number of hydrogen-bond acceptors (Lipinski definition) is 1. The van der Waals surface area contributed by atoms with Gasteiger partial charge >= 0.3 is 0 Å². The molecule has 0 amide bonds. The summed E-state index contributed by atoms with van der Waals surface area (Å²) in [5.74, 6) is 0.239. The van der Waals surface area contributed by atoms with Crippen LogP contribution in [0.5, 0.6) is 0 Å². The SMILES string of the molecule is CCCCC(CNCC)c1ccccc1F. The van der Waals surface area contributed by atoms with Crippen LogP contribution in [-0.4, -0.2) is 13.1 Å². The van der Waals surface area contributed by atoms with E-state index >= 15 is 0 Å². The standard InChI is InChI=1S/C14H22FN/c1-3-5-8-12(11-16-4-2)13-9-6-7-10-14(13)15/h6-7,9-10,12,16H,3-5,8,11H2,1-2H3. The molecule has 16 heavy (non-hydrogen) atoms. The molecule has 1 rings (SSSR count). The van der Waals surface area contributed by atoms with Gasteiger partial charge in [0.15, 0.2) is 0 Å². The maximum atomic E-state index is 13.7. The Morgan fingerprint density at radius 2 is 2.00 bits per heavy atom. The van der Waals surface area contributed by atoms with Crippen molar-refractivity contribution in [3.05, 3.63) is 35.6 Å². The van der Waals surface area contributed by atoms with Gasteiger partial charge in [0.1, 0.15) is 5.82 Å². The van der Waals surface area contributed by atoms with Gasteiger partial charge < -0.3 is 5.32 Å². The minimum Gasteiger partial charge on any atom is -0.316 e. The molecule has 0 heterocycles. The number of benzene rings is 1. The summed E-state index contributed by atoms with van der Waals surface area (Å²) in [5.41, 5.74) is 0.858. The number of likely N-dealkylation sites (N-methyl/N-ethyl adjacent to an activating group) is 1. The minimum absolute atomic E-state index is 0.0680. The van der Waals surface area contributed by atoms with E-state index in [-0.39, 0.29) is 5.82 Å². The fourth-order valence-corrected chi connectivity index (χ4v) is 1.94. The van der Waals surface area contributed by atoms with Gasteiger partial charge in [-0.05, 0) is 30.5 Å². The lowest BCUT2D eigenvalue weighted by Gasteiger charge is -2.18. The fraction of sp³-hybridized carbons (Fsp3) is 0.571. The molecule has 0 aliphatic heterocycles. The van der Waals surface area contributed by atoms with E-state index in [2.05, 4.69) is 19.2 Å². The lowest BCUT2D eigenvalue weighted by atomic mass is 9.93. The second kappa shape index (κ2) is 7.39. The molecule has 0 aliphatic carbocycles. The first-order valence-electron chi connectivity index (χ1n) is 6.24. The minimum atomic E-state index is -0.0680. The Labute approximate surface area is 98.1 Å². The van der Waals surface area contributed by atoms with E-state index in [1.807, 2.05) is 12.1 Å². The van der Waals surface area contributed by atoms with Crippen molar-refractivity contribution >= 4 is 0 Å². The molecule has 0 radical (unpaired) electrons. The Morgan fingerprint density at radius 3 is 2.62 bits per heavy atom. The predicted octanol–water partition coefficient (Wildman–Crippen LogP) is 3.71. The van der Waals surface area contributed by atoms with Gasteiger partial charge in [0.05, 0.1) is 0 Å². The molecule has 90 valence electrons. The van der Waals surface area contributed by atoms with E-state index in [0.717, 1.165) is 37.9 Å². The lowest BCUT2D eigenvalue weighted by molar-refractivity contribution is 0.508. The molecule has 0 bridgehead atoms. The molecule has 1 N–H and O–H groups in total. The van der Waals surface area contributed by atoms with Gasteiger partial charge in [-0.3, -0.25) is 0 Å². The molecule has 1 aromatic rings. The van der Waals surface area contributed by atoms with Crippen LogP contribution in [0, 0.1) is 5.82 Å². The lowest BCUT2D eigenvalue weighted by Crippen LogP contribution is -2.21. The first-order chi connectivity index (χ1) is 7.79. The van der Waals surface area contributed by atoms with Crippen LogP contribution >= 0.6 is 0 Å². The van der Waals surface area contributed by atoms with E-state index in [4.69, 9.17) is 0 Å². The van der Waals surface area contributed by atoms with Crippen LogP contribution in [0.15, 0.2) is 24.3 Å². The average molecular weight is 223 g/mol. The Balaban J connectivity index is 2.70. The highest BCUT2D eigenvalue weighted by atomic mass is 19.1. The van der Waals surface area contributed by atoms with Crippen molar-refractivity contribution in [1.82, 2.24) is 5.32 Å². The molecular formula is C14H22FN. The summed E-state index contributed by atoms with van der Waals surface area (Å²) < 4.78 is 13.7. The van der Waals surface area contributed by atoms with Gasteiger partial charge in [-0.25, -0.2) is 4.39 Å². The molecule has 0 saturated carbocycles. The van der Waals surface area contributed by atoms with Crippen LogP contribution in [0.4, 0.5) is 4.39 Å². The third-order valence-corrected chi connectivity index (χ3v) is 2.89. The monoisotopic (exact) mass is 223 g/mol. The highest BCUT2D eigenvalue weighted by Crippen LogP contribution is 2.23. The predicted molar refractivity (Wildman–Crippen MR) is 67.2 cm³/mol. The fourth-order valence-electron chi connectivity index (χ4n) is 1.94. The van der Waals surface area contributed by atoms with Crippen LogP contribution in [0.25, 0.3) is 0 Å². The Hall–Kier alpha value is -0.890. The van der Waals surface area contributed by atoms with Crippen LogP contribution in [0.3, 0.4) is 0 Å². The van der Waals surface area contributed by atoms with E-state index in [9.17, 15) is 4.39 Å². The third kappa shape index (κ3) is 3.93. The molecule has 1 nitrogen and oxygen atoms in total. The van der Waals surface area contributed by atoms with Crippen LogP contribution in [0.1, 0.15) is 44.6 Å². The van der Waals surface area contributed by atoms with Gasteiger partial charge in [0, 0.05) is 6.54 Å². The molecule has 0 fully saturated rings. The topological polar surface area (TPSA) is 12.0 Å². The molecule has 0 spiro atoms. The van der Waals surface area contributed by atoms with Gasteiger partial charge in [-0.1, -0.05) is 44.9 Å². The van der Waals surface area contributed by atoms with E-state index in [1.54, 1.807) is 12.1 Å². The zero-order valence-electron chi connectivity index (χ0n) is 10.3. The van der Waals surface area contributed by atoms with Gasteiger partial charge in [-0.15, -0.1) is 0 Å². The van der Waals surface area contributed by atoms with Crippen molar-refractivity contribution in [1.29, 1.82) is 0 Å².